The number of anilines is 2. The molecule has 1 amide bonds. The molecule has 0 radical (unpaired) electrons. The van der Waals surface area contributed by atoms with E-state index in [4.69, 9.17) is 0 Å². The summed E-state index contributed by atoms with van der Waals surface area (Å²) in [4.78, 5) is 11.8. The zero-order valence-corrected chi connectivity index (χ0v) is 12.0. The van der Waals surface area contributed by atoms with E-state index >= 15 is 0 Å². The van der Waals surface area contributed by atoms with Crippen molar-refractivity contribution < 1.29 is 4.79 Å². The number of amides is 1. The van der Waals surface area contributed by atoms with Gasteiger partial charge in [0.05, 0.1) is 0 Å². The van der Waals surface area contributed by atoms with E-state index in [9.17, 15) is 4.79 Å². The van der Waals surface area contributed by atoms with Crippen molar-refractivity contribution >= 4 is 17.3 Å². The average Bonchev–Trinajstić information content (AvgIpc) is 3.31. The smallest absolute Gasteiger partial charge is 0.227 e. The van der Waals surface area contributed by atoms with Crippen molar-refractivity contribution in [3.63, 3.8) is 0 Å². The zero-order valence-electron chi connectivity index (χ0n) is 12.0. The first kappa shape index (κ1) is 13.5. The van der Waals surface area contributed by atoms with Crippen LogP contribution in [-0.2, 0) is 4.79 Å². The lowest BCUT2D eigenvalue weighted by Gasteiger charge is -2.22. The van der Waals surface area contributed by atoms with Crippen LogP contribution in [0.15, 0.2) is 24.3 Å². The molecule has 108 valence electrons. The van der Waals surface area contributed by atoms with Crippen LogP contribution in [0, 0.1) is 11.8 Å². The summed E-state index contributed by atoms with van der Waals surface area (Å²) in [6.07, 6.45) is 8.96. The summed E-state index contributed by atoms with van der Waals surface area (Å²) >= 11 is 0. The summed E-state index contributed by atoms with van der Waals surface area (Å²) < 4.78 is 0. The van der Waals surface area contributed by atoms with Gasteiger partial charge < -0.3 is 10.6 Å². The van der Waals surface area contributed by atoms with Crippen LogP contribution in [0.3, 0.4) is 0 Å². The Hall–Kier alpha value is -1.51. The third-order valence-electron chi connectivity index (χ3n) is 4.40. The fourth-order valence-corrected chi connectivity index (χ4v) is 2.95. The Morgan fingerprint density at radius 3 is 2.55 bits per heavy atom. The van der Waals surface area contributed by atoms with E-state index in [1.165, 1.54) is 32.1 Å². The van der Waals surface area contributed by atoms with E-state index in [2.05, 4.69) is 16.7 Å². The van der Waals surface area contributed by atoms with Gasteiger partial charge in [0.15, 0.2) is 0 Å². The minimum atomic E-state index is 0.175. The second kappa shape index (κ2) is 6.29. The van der Waals surface area contributed by atoms with Gasteiger partial charge in [0.2, 0.25) is 5.91 Å². The molecule has 0 saturated heterocycles. The highest BCUT2D eigenvalue weighted by Crippen LogP contribution is 2.30. The van der Waals surface area contributed by atoms with Crippen molar-refractivity contribution in [2.24, 2.45) is 11.8 Å². The Labute approximate surface area is 121 Å². The molecular formula is C17H24N2O. The lowest BCUT2D eigenvalue weighted by molar-refractivity contribution is -0.117. The van der Waals surface area contributed by atoms with Gasteiger partial charge in [0, 0.05) is 23.8 Å². The van der Waals surface area contributed by atoms with Gasteiger partial charge in [-0.25, -0.2) is 0 Å². The Bertz CT molecular complexity index is 462. The summed E-state index contributed by atoms with van der Waals surface area (Å²) in [5.41, 5.74) is 2.03. The third kappa shape index (κ3) is 3.75. The van der Waals surface area contributed by atoms with Crippen LogP contribution in [0.4, 0.5) is 11.4 Å². The number of nitrogens with one attached hydrogen (secondary N) is 2. The van der Waals surface area contributed by atoms with E-state index in [-0.39, 0.29) is 11.8 Å². The van der Waals surface area contributed by atoms with Crippen LogP contribution in [0.1, 0.15) is 44.9 Å². The second-order valence-electron chi connectivity index (χ2n) is 6.23. The van der Waals surface area contributed by atoms with Gasteiger partial charge in [-0.3, -0.25) is 4.79 Å². The molecule has 2 saturated carbocycles. The summed E-state index contributed by atoms with van der Waals surface area (Å²) in [6.45, 7) is 1.06. The highest BCUT2D eigenvalue weighted by Gasteiger charge is 2.29. The van der Waals surface area contributed by atoms with Gasteiger partial charge in [0.1, 0.15) is 0 Å². The van der Waals surface area contributed by atoms with Crippen molar-refractivity contribution in [1.29, 1.82) is 0 Å². The monoisotopic (exact) mass is 272 g/mol. The number of hydrogen-bond donors (Lipinski definition) is 2. The fraction of sp³-hybridized carbons (Fsp3) is 0.588. The fourth-order valence-electron chi connectivity index (χ4n) is 2.95. The van der Waals surface area contributed by atoms with Gasteiger partial charge >= 0.3 is 0 Å². The molecule has 2 aliphatic carbocycles. The van der Waals surface area contributed by atoms with Crippen molar-refractivity contribution in [2.75, 3.05) is 17.2 Å². The zero-order chi connectivity index (χ0) is 13.8. The molecule has 0 aromatic heterocycles. The summed E-state index contributed by atoms with van der Waals surface area (Å²) in [5.74, 6) is 1.25. The molecule has 1 aromatic rings. The number of carbonyl (C=O) groups is 1. The largest absolute Gasteiger partial charge is 0.385 e. The summed E-state index contributed by atoms with van der Waals surface area (Å²) in [7, 11) is 0. The Morgan fingerprint density at radius 2 is 1.80 bits per heavy atom. The molecule has 20 heavy (non-hydrogen) atoms. The predicted molar refractivity (Wildman–Crippen MR) is 82.9 cm³/mol. The number of hydrogen-bond acceptors (Lipinski definition) is 2. The highest BCUT2D eigenvalue weighted by atomic mass is 16.2. The van der Waals surface area contributed by atoms with Crippen LogP contribution >= 0.6 is 0 Å². The van der Waals surface area contributed by atoms with Crippen LogP contribution < -0.4 is 10.6 Å². The molecule has 3 heteroatoms. The molecule has 3 nitrogen and oxygen atoms in total. The molecule has 2 fully saturated rings. The third-order valence-corrected chi connectivity index (χ3v) is 4.40. The van der Waals surface area contributed by atoms with Gasteiger partial charge in [0.25, 0.3) is 0 Å². The number of carbonyl (C=O) groups excluding carboxylic acids is 1. The molecular weight excluding hydrogens is 248 g/mol. The molecule has 0 unspecified atom stereocenters. The van der Waals surface area contributed by atoms with E-state index in [1.54, 1.807) is 0 Å². The first-order valence-corrected chi connectivity index (χ1v) is 7.96. The molecule has 2 N–H and O–H groups in total. The number of benzene rings is 1. The standard InChI is InChI=1S/C17H24N2O/c20-17(14-9-10-14)19-16-8-4-7-15(11-16)18-12-13-5-2-1-3-6-13/h4,7-8,11,13-14,18H,1-3,5-6,9-10,12H2,(H,19,20). The first-order chi connectivity index (χ1) is 9.81. The SMILES string of the molecule is O=C(Nc1cccc(NCC2CCCCC2)c1)C1CC1. The lowest BCUT2D eigenvalue weighted by atomic mass is 9.89. The molecule has 0 bridgehead atoms. The van der Waals surface area contributed by atoms with Crippen molar-refractivity contribution in [3.05, 3.63) is 24.3 Å². The topological polar surface area (TPSA) is 41.1 Å². The first-order valence-electron chi connectivity index (χ1n) is 7.96. The minimum absolute atomic E-state index is 0.175. The van der Waals surface area contributed by atoms with Crippen molar-refractivity contribution in [1.82, 2.24) is 0 Å². The normalized spacial score (nSPS) is 19.6. The van der Waals surface area contributed by atoms with Crippen LogP contribution in [-0.4, -0.2) is 12.5 Å². The van der Waals surface area contributed by atoms with E-state index in [0.29, 0.717) is 0 Å². The molecule has 0 spiro atoms. The average molecular weight is 272 g/mol. The van der Waals surface area contributed by atoms with Crippen LogP contribution in [0.25, 0.3) is 0 Å². The quantitative estimate of drug-likeness (QED) is 0.849. The molecule has 1 aromatic carbocycles. The van der Waals surface area contributed by atoms with E-state index < -0.39 is 0 Å². The van der Waals surface area contributed by atoms with E-state index in [0.717, 1.165) is 36.7 Å². The number of rotatable bonds is 5. The highest BCUT2D eigenvalue weighted by molar-refractivity contribution is 5.94. The molecule has 0 heterocycles. The Kier molecular flexibility index (Phi) is 4.24. The predicted octanol–water partition coefficient (Wildman–Crippen LogP) is 4.03. The van der Waals surface area contributed by atoms with E-state index in [1.807, 2.05) is 18.2 Å². The second-order valence-corrected chi connectivity index (χ2v) is 6.23. The minimum Gasteiger partial charge on any atom is -0.385 e. The van der Waals surface area contributed by atoms with Gasteiger partial charge in [-0.2, -0.15) is 0 Å². The summed E-state index contributed by atoms with van der Waals surface area (Å²) in [6, 6.07) is 8.09. The maximum atomic E-state index is 11.8. The van der Waals surface area contributed by atoms with Gasteiger partial charge in [-0.15, -0.1) is 0 Å². The van der Waals surface area contributed by atoms with Gasteiger partial charge in [-0.05, 0) is 49.8 Å². The van der Waals surface area contributed by atoms with Crippen molar-refractivity contribution in [3.8, 4) is 0 Å². The Morgan fingerprint density at radius 1 is 1.05 bits per heavy atom. The molecule has 0 atom stereocenters. The Balaban J connectivity index is 1.52. The summed E-state index contributed by atoms with van der Waals surface area (Å²) in [5, 5.41) is 6.52. The lowest BCUT2D eigenvalue weighted by Crippen LogP contribution is -2.17. The maximum absolute atomic E-state index is 11.8. The molecule has 3 rings (SSSR count). The molecule has 2 aliphatic rings. The van der Waals surface area contributed by atoms with Crippen LogP contribution in [0.2, 0.25) is 0 Å². The molecule has 0 aliphatic heterocycles. The van der Waals surface area contributed by atoms with Gasteiger partial charge in [-0.1, -0.05) is 25.3 Å². The van der Waals surface area contributed by atoms with Crippen LogP contribution in [0.5, 0.6) is 0 Å². The maximum Gasteiger partial charge on any atom is 0.227 e. The van der Waals surface area contributed by atoms with Crippen molar-refractivity contribution in [2.45, 2.75) is 44.9 Å².